The van der Waals surface area contributed by atoms with Gasteiger partial charge >= 0.3 is 121 Å². The van der Waals surface area contributed by atoms with Gasteiger partial charge in [-0.2, -0.15) is 0 Å². The van der Waals surface area contributed by atoms with Gasteiger partial charge in [0.1, 0.15) is 0 Å². The predicted octanol–water partition coefficient (Wildman–Crippen LogP) is 3.01. The van der Waals surface area contributed by atoms with Gasteiger partial charge in [-0.3, -0.25) is 0 Å². The Bertz CT molecular complexity index is 29.5. The third-order valence-corrected chi connectivity index (χ3v) is 0. The van der Waals surface area contributed by atoms with Crippen LogP contribution in [0.3, 0.4) is 0 Å². The molecule has 0 aromatic carbocycles. The molecular formula is H2I4PbSr. The van der Waals surface area contributed by atoms with E-state index < -0.39 is 4.00 Å². The molecule has 0 fully saturated rings. The van der Waals surface area contributed by atoms with E-state index in [0.29, 0.717) is 0 Å². The first-order chi connectivity index (χ1) is 2.00. The van der Waals surface area contributed by atoms with Crippen LogP contribution in [0.1, 0.15) is 2.85 Å². The molecule has 0 bridgehead atoms. The number of rotatable bonds is 0. The zero-order valence-corrected chi connectivity index (χ0v) is 18.7. The molecule has 0 nitrogen and oxygen atoms in total. The second kappa shape index (κ2) is 7.00. The van der Waals surface area contributed by atoms with Crippen molar-refractivity contribution in [3.05, 3.63) is 0 Å². The molecule has 0 rings (SSSR count). The van der Waals surface area contributed by atoms with Gasteiger partial charge in [-0.25, -0.2) is 0 Å². The summed E-state index contributed by atoms with van der Waals surface area (Å²) in [6.07, 6.45) is 0. The van der Waals surface area contributed by atoms with E-state index in [9.17, 15) is 0 Å². The van der Waals surface area contributed by atoms with Crippen LogP contribution in [0, 0.1) is 0 Å². The molecule has 0 saturated heterocycles. The molecule has 0 heterocycles. The molecule has 36 valence electrons. The molecule has 0 saturated carbocycles. The van der Waals surface area contributed by atoms with Crippen molar-refractivity contribution in [3.63, 3.8) is 0 Å². The summed E-state index contributed by atoms with van der Waals surface area (Å²) in [4.78, 5) is 0. The van der Waals surface area contributed by atoms with Gasteiger partial charge in [0.15, 0.2) is 0 Å². The maximum absolute atomic E-state index is 2.56. The van der Waals surface area contributed by atoms with E-state index in [0.717, 1.165) is 0 Å². The molecular weight excluding hydrogens is 802 g/mol. The molecule has 0 amide bonds. The van der Waals surface area contributed by atoms with Crippen molar-refractivity contribution in [2.75, 3.05) is 0 Å². The van der Waals surface area contributed by atoms with Gasteiger partial charge in [-0.05, 0) is 0 Å². The van der Waals surface area contributed by atoms with E-state index in [1.165, 1.54) is 0 Å². The van der Waals surface area contributed by atoms with E-state index in [1.807, 2.05) is 0 Å². The van der Waals surface area contributed by atoms with Gasteiger partial charge < -0.3 is 2.85 Å². The van der Waals surface area contributed by atoms with E-state index in [-0.39, 0.29) is 48.3 Å². The Hall–Kier alpha value is 5.32. The quantitative estimate of drug-likeness (QED) is 0.262. The Morgan fingerprint density at radius 2 is 1.00 bits per heavy atom. The monoisotopic (exact) mass is 806 g/mol. The standard InChI is InChI=1S/4HI.Pb.Sr.2H/h4*1H;;;;/q;;;;+4;+2;2*-1/p-4. The molecule has 0 aliphatic carbocycles. The Morgan fingerprint density at radius 1 is 1.00 bits per heavy atom. The first-order valence-electron chi connectivity index (χ1n) is 0.756. The Labute approximate surface area is 118 Å². The van der Waals surface area contributed by atoms with Gasteiger partial charge in [0.25, 0.3) is 0 Å². The molecule has 0 spiro atoms. The third kappa shape index (κ3) is 22.8. The molecule has 0 aliphatic rings. The second-order valence-electron chi connectivity index (χ2n) is 0.429. The summed E-state index contributed by atoms with van der Waals surface area (Å²) in [5.74, 6) is 0. The van der Waals surface area contributed by atoms with Crippen molar-refractivity contribution in [1.29, 1.82) is 0 Å². The van der Waals surface area contributed by atoms with Crippen LogP contribution in [-0.4, -0.2) is 49.5 Å². The number of hydrogen-bond donors (Lipinski definition) is 0. The Kier molecular flexibility index (Phi) is 16.2. The molecule has 6 heavy (non-hydrogen) atoms. The van der Waals surface area contributed by atoms with Crippen LogP contribution in [0.15, 0.2) is 0 Å². The van der Waals surface area contributed by atoms with Gasteiger partial charge in [0, 0.05) is 0 Å². The summed E-state index contributed by atoms with van der Waals surface area (Å²) >= 11 is 10.2. The molecule has 0 aromatic rings. The third-order valence-electron chi connectivity index (χ3n) is 0. The van der Waals surface area contributed by atoms with Crippen LogP contribution in [0.25, 0.3) is 0 Å². The average Bonchev–Trinajstić information content (AvgIpc) is 0.722. The normalized spacial score (nSPS) is 10.0. The topological polar surface area (TPSA) is 0 Å². The largest absolute Gasteiger partial charge is 2.00 e. The van der Waals surface area contributed by atoms with Crippen LogP contribution in [-0.2, 0) is 0 Å². The molecule has 0 radical (unpaired) electrons. The van der Waals surface area contributed by atoms with Crippen molar-refractivity contribution in [2.24, 2.45) is 0 Å². The fourth-order valence-electron chi connectivity index (χ4n) is 0. The molecule has 0 atom stereocenters. The second-order valence-corrected chi connectivity index (χ2v) is 169. The van der Waals surface area contributed by atoms with E-state index in [4.69, 9.17) is 0 Å². The summed E-state index contributed by atoms with van der Waals surface area (Å²) in [5, 5.41) is 0. The molecule has 0 unspecified atom stereocenters. The van der Waals surface area contributed by atoms with E-state index >= 15 is 0 Å². The Morgan fingerprint density at radius 3 is 1.00 bits per heavy atom. The summed E-state index contributed by atoms with van der Waals surface area (Å²) in [5.41, 5.74) is 0. The minimum absolute atomic E-state index is 0. The summed E-state index contributed by atoms with van der Waals surface area (Å²) in [6, 6.07) is 0. The summed E-state index contributed by atoms with van der Waals surface area (Å²) in [6.45, 7) is 0. The molecule has 0 aliphatic heterocycles. The zero-order valence-electron chi connectivity index (χ0n) is 4.72. The molecule has 6 heteroatoms. The summed E-state index contributed by atoms with van der Waals surface area (Å²) in [7, 11) is 0. The Balaban J connectivity index is -0.0000000267. The van der Waals surface area contributed by atoms with Crippen LogP contribution in [0.2, 0.25) is 0 Å². The van der Waals surface area contributed by atoms with Crippen LogP contribution >= 0.6 is 71.0 Å². The van der Waals surface area contributed by atoms with Crippen molar-refractivity contribution < 1.29 is 2.85 Å². The molecule has 0 N–H and O–H groups in total. The fourth-order valence-corrected chi connectivity index (χ4v) is 0. The van der Waals surface area contributed by atoms with Crippen LogP contribution in [0.5, 0.6) is 0 Å². The first kappa shape index (κ1) is 13.9. The average molecular weight is 804 g/mol. The maximum atomic E-state index is 2.56. The van der Waals surface area contributed by atoms with Crippen LogP contribution in [0.4, 0.5) is 0 Å². The SMILES string of the molecule is [H-].[H-].[I][Pb]([I])([I])[I].[Sr+2]. The van der Waals surface area contributed by atoms with Crippen molar-refractivity contribution in [1.82, 2.24) is 0 Å². The van der Waals surface area contributed by atoms with E-state index in [1.54, 1.807) is 0 Å². The smallest absolute Gasteiger partial charge is 2.00 e. The van der Waals surface area contributed by atoms with Crippen molar-refractivity contribution in [2.45, 2.75) is 0 Å². The predicted molar refractivity (Wildman–Crippen MR) is 69.8 cm³/mol. The van der Waals surface area contributed by atoms with Crippen molar-refractivity contribution >= 4 is 121 Å². The van der Waals surface area contributed by atoms with Gasteiger partial charge in [0.2, 0.25) is 0 Å². The van der Waals surface area contributed by atoms with Crippen molar-refractivity contribution in [3.8, 4) is 0 Å². The maximum Gasteiger partial charge on any atom is 2.00 e. The first-order valence-corrected chi connectivity index (χ1v) is 44.5. The fraction of sp³-hybridized carbons (Fsp3) is 0. The van der Waals surface area contributed by atoms with E-state index in [2.05, 4.69) is 71.0 Å². The number of halogens is 4. The van der Waals surface area contributed by atoms with Gasteiger partial charge in [-0.1, -0.05) is 0 Å². The van der Waals surface area contributed by atoms with Gasteiger partial charge in [0.05, 0.1) is 0 Å². The zero-order chi connectivity index (χ0) is 4.50. The van der Waals surface area contributed by atoms with Gasteiger partial charge in [-0.15, -0.1) is 0 Å². The number of hydrogen-bond acceptors (Lipinski definition) is 0. The van der Waals surface area contributed by atoms with Crippen LogP contribution < -0.4 is 0 Å². The minimum atomic E-state index is -1.40. The molecule has 0 aromatic heterocycles. The minimum Gasteiger partial charge on any atom is 2.00 e. The summed E-state index contributed by atoms with van der Waals surface area (Å²) < 4.78 is -1.40.